The molecule has 4 rings (SSSR count). The van der Waals surface area contributed by atoms with Gasteiger partial charge in [-0.3, -0.25) is 14.3 Å². The van der Waals surface area contributed by atoms with E-state index in [1.807, 2.05) is 12.1 Å². The van der Waals surface area contributed by atoms with Gasteiger partial charge < -0.3 is 14.2 Å². The van der Waals surface area contributed by atoms with E-state index in [9.17, 15) is 9.59 Å². The summed E-state index contributed by atoms with van der Waals surface area (Å²) >= 11 is 0. The molecule has 0 spiro atoms. The second kappa shape index (κ2) is 8.55. The normalized spacial score (nSPS) is 10.8. The van der Waals surface area contributed by atoms with Crippen LogP contribution in [-0.2, 0) is 4.74 Å². The van der Waals surface area contributed by atoms with Gasteiger partial charge in [-0.05, 0) is 42.8 Å². The Bertz CT molecular complexity index is 1370. The van der Waals surface area contributed by atoms with Crippen molar-refractivity contribution >= 4 is 16.9 Å². The lowest BCUT2D eigenvalue weighted by atomic mass is 9.95. The summed E-state index contributed by atoms with van der Waals surface area (Å²) in [6, 6.07) is 16.2. The fourth-order valence-corrected chi connectivity index (χ4v) is 3.81. The number of aromatic nitrogens is 2. The second-order valence-corrected chi connectivity index (χ2v) is 7.09. The van der Waals surface area contributed by atoms with Crippen LogP contribution in [-0.4, -0.2) is 36.8 Å². The molecule has 0 aliphatic carbocycles. The minimum absolute atomic E-state index is 0.250. The highest BCUT2D eigenvalue weighted by atomic mass is 16.5. The average Bonchev–Trinajstić information content (AvgIpc) is 2.83. The zero-order valence-electron chi connectivity index (χ0n) is 18.2. The van der Waals surface area contributed by atoms with Gasteiger partial charge in [-0.2, -0.15) is 0 Å². The summed E-state index contributed by atoms with van der Waals surface area (Å²) in [7, 11) is 4.43. The number of nitrogens with zero attached hydrogens (tertiary/aromatic N) is 2. The molecule has 0 fully saturated rings. The molecule has 0 atom stereocenters. The first-order valence-electron chi connectivity index (χ1n) is 9.92. The van der Waals surface area contributed by atoms with Gasteiger partial charge in [0.2, 0.25) is 0 Å². The lowest BCUT2D eigenvalue weighted by molar-refractivity contribution is 0.0600. The van der Waals surface area contributed by atoms with Crippen LogP contribution in [0, 0.1) is 6.92 Å². The van der Waals surface area contributed by atoms with E-state index in [0.29, 0.717) is 44.9 Å². The summed E-state index contributed by atoms with van der Waals surface area (Å²) < 4.78 is 17.2. The summed E-state index contributed by atoms with van der Waals surface area (Å²) in [6.45, 7) is 1.73. The number of pyridine rings is 2. The van der Waals surface area contributed by atoms with Crippen LogP contribution in [0.3, 0.4) is 0 Å². The van der Waals surface area contributed by atoms with Crippen LogP contribution >= 0.6 is 0 Å². The molecule has 32 heavy (non-hydrogen) atoms. The van der Waals surface area contributed by atoms with Crippen LogP contribution in [0.4, 0.5) is 0 Å². The lowest BCUT2D eigenvalue weighted by Crippen LogP contribution is -2.21. The van der Waals surface area contributed by atoms with Crippen molar-refractivity contribution in [1.82, 2.24) is 9.55 Å². The van der Waals surface area contributed by atoms with E-state index in [1.54, 1.807) is 69.8 Å². The van der Waals surface area contributed by atoms with Crippen molar-refractivity contribution in [3.8, 4) is 28.3 Å². The molecule has 4 aromatic rings. The first kappa shape index (κ1) is 21.1. The van der Waals surface area contributed by atoms with Gasteiger partial charge in [0.05, 0.1) is 49.2 Å². The third-order valence-electron chi connectivity index (χ3n) is 5.33. The van der Waals surface area contributed by atoms with Gasteiger partial charge in [0.1, 0.15) is 11.5 Å². The average molecular weight is 430 g/mol. The van der Waals surface area contributed by atoms with Gasteiger partial charge >= 0.3 is 5.97 Å². The Morgan fingerprint density at radius 1 is 0.938 bits per heavy atom. The monoisotopic (exact) mass is 430 g/mol. The number of esters is 1. The maximum absolute atomic E-state index is 13.8. The molecule has 0 N–H and O–H groups in total. The minimum atomic E-state index is -0.560. The third-order valence-corrected chi connectivity index (χ3v) is 5.33. The number of aryl methyl sites for hydroxylation is 1. The quantitative estimate of drug-likeness (QED) is 0.442. The molecule has 7 heteroatoms. The molecule has 7 nitrogen and oxygen atoms in total. The van der Waals surface area contributed by atoms with Crippen molar-refractivity contribution in [1.29, 1.82) is 0 Å². The fraction of sp³-hybridized carbons (Fsp3) is 0.160. The van der Waals surface area contributed by atoms with Crippen molar-refractivity contribution in [2.45, 2.75) is 6.92 Å². The number of ether oxygens (including phenoxy) is 3. The number of carbonyl (C=O) groups is 1. The molecular formula is C25H22N2O5. The number of hydrogen-bond donors (Lipinski definition) is 0. The second-order valence-electron chi connectivity index (χ2n) is 7.09. The highest BCUT2D eigenvalue weighted by Gasteiger charge is 2.24. The molecule has 2 aromatic heterocycles. The molecule has 0 bridgehead atoms. The number of rotatable bonds is 5. The topological polar surface area (TPSA) is 79.6 Å². The Labute approximate surface area is 184 Å². The zero-order chi connectivity index (χ0) is 22.8. The number of benzene rings is 2. The highest BCUT2D eigenvalue weighted by Crippen LogP contribution is 2.33. The summed E-state index contributed by atoms with van der Waals surface area (Å²) in [5.41, 5.74) is 2.62. The van der Waals surface area contributed by atoms with Crippen molar-refractivity contribution < 1.29 is 19.0 Å². The Morgan fingerprint density at radius 3 is 2.31 bits per heavy atom. The first-order valence-corrected chi connectivity index (χ1v) is 9.92. The fourth-order valence-electron chi connectivity index (χ4n) is 3.81. The van der Waals surface area contributed by atoms with Gasteiger partial charge in [0.25, 0.3) is 5.56 Å². The van der Waals surface area contributed by atoms with Crippen LogP contribution in [0.5, 0.6) is 11.5 Å². The van der Waals surface area contributed by atoms with Crippen molar-refractivity contribution in [2.24, 2.45) is 0 Å². The standard InChI is InChI=1S/C25H22N2O5/c1-15-21(25(29)32-4)22(16-9-11-17(30-2)12-10-16)23-18(26-15)13-14-27(24(23)28)19-7-5-6-8-20(19)31-3/h5-14H,1-4H3. The Morgan fingerprint density at radius 2 is 1.66 bits per heavy atom. The first-order chi connectivity index (χ1) is 15.5. The molecule has 0 radical (unpaired) electrons. The molecule has 0 unspecified atom stereocenters. The van der Waals surface area contributed by atoms with Gasteiger partial charge in [-0.25, -0.2) is 4.79 Å². The predicted octanol–water partition coefficient (Wildman–Crippen LogP) is 4.16. The SMILES string of the molecule is COC(=O)c1c(C)nc2ccn(-c3ccccc3OC)c(=O)c2c1-c1ccc(OC)cc1. The van der Waals surface area contributed by atoms with E-state index < -0.39 is 5.97 Å². The van der Waals surface area contributed by atoms with Gasteiger partial charge in [0, 0.05) is 11.8 Å². The minimum Gasteiger partial charge on any atom is -0.497 e. The zero-order valence-corrected chi connectivity index (χ0v) is 18.2. The maximum atomic E-state index is 13.8. The molecule has 0 amide bonds. The molecule has 162 valence electrons. The van der Waals surface area contributed by atoms with E-state index in [2.05, 4.69) is 4.98 Å². The molecule has 2 heterocycles. The summed E-state index contributed by atoms with van der Waals surface area (Å²) in [5, 5.41) is 0.314. The lowest BCUT2D eigenvalue weighted by Gasteiger charge is -2.16. The smallest absolute Gasteiger partial charge is 0.340 e. The largest absolute Gasteiger partial charge is 0.497 e. The van der Waals surface area contributed by atoms with E-state index in [1.165, 1.54) is 11.7 Å². The van der Waals surface area contributed by atoms with Gasteiger partial charge in [-0.15, -0.1) is 0 Å². The number of carbonyl (C=O) groups excluding carboxylic acids is 1. The Balaban J connectivity index is 2.13. The Kier molecular flexibility index (Phi) is 5.64. The van der Waals surface area contributed by atoms with E-state index in [-0.39, 0.29) is 11.1 Å². The molecule has 2 aromatic carbocycles. The summed E-state index contributed by atoms with van der Waals surface area (Å²) in [5.74, 6) is 0.651. The van der Waals surface area contributed by atoms with Gasteiger partial charge in [0.15, 0.2) is 0 Å². The van der Waals surface area contributed by atoms with Crippen LogP contribution in [0.1, 0.15) is 16.1 Å². The van der Waals surface area contributed by atoms with Crippen LogP contribution in [0.2, 0.25) is 0 Å². The molecule has 0 saturated heterocycles. The molecule has 0 saturated carbocycles. The molecule has 0 aliphatic heterocycles. The van der Waals surface area contributed by atoms with Crippen LogP contribution in [0.25, 0.3) is 27.7 Å². The van der Waals surface area contributed by atoms with Crippen molar-refractivity contribution in [2.75, 3.05) is 21.3 Å². The van der Waals surface area contributed by atoms with E-state index in [0.717, 1.165) is 0 Å². The predicted molar refractivity (Wildman–Crippen MR) is 122 cm³/mol. The third kappa shape index (κ3) is 3.47. The van der Waals surface area contributed by atoms with Crippen LogP contribution < -0.4 is 15.0 Å². The highest BCUT2D eigenvalue weighted by molar-refractivity contribution is 6.07. The molecular weight excluding hydrogens is 408 g/mol. The number of fused-ring (bicyclic) bond motifs is 1. The summed E-state index contributed by atoms with van der Waals surface area (Å²) in [6.07, 6.45) is 1.66. The van der Waals surface area contributed by atoms with Crippen molar-refractivity contribution in [3.05, 3.63) is 82.4 Å². The van der Waals surface area contributed by atoms with Crippen LogP contribution in [0.15, 0.2) is 65.6 Å². The molecule has 0 aliphatic rings. The van der Waals surface area contributed by atoms with Crippen molar-refractivity contribution in [3.63, 3.8) is 0 Å². The summed E-state index contributed by atoms with van der Waals surface area (Å²) in [4.78, 5) is 31.1. The van der Waals surface area contributed by atoms with Gasteiger partial charge in [-0.1, -0.05) is 24.3 Å². The van der Waals surface area contributed by atoms with E-state index in [4.69, 9.17) is 14.2 Å². The van der Waals surface area contributed by atoms with E-state index >= 15 is 0 Å². The number of hydrogen-bond acceptors (Lipinski definition) is 6. The maximum Gasteiger partial charge on any atom is 0.340 e. The Hall–Kier alpha value is -4.13. The number of para-hydroxylation sites is 2. The number of methoxy groups -OCH3 is 3.